The fourth-order valence-corrected chi connectivity index (χ4v) is 7.71. The van der Waals surface area contributed by atoms with Crippen molar-refractivity contribution in [1.29, 1.82) is 0 Å². The number of carbonyl (C=O) groups excluding carboxylic acids is 2. The molecule has 0 aromatic carbocycles. The molecule has 69 heavy (non-hydrogen) atoms. The highest BCUT2D eigenvalue weighted by atomic mass is 31.2. The summed E-state index contributed by atoms with van der Waals surface area (Å²) in [5.74, 6) is -0.593. The van der Waals surface area contributed by atoms with Crippen LogP contribution in [0.2, 0.25) is 0 Å². The van der Waals surface area contributed by atoms with Crippen molar-refractivity contribution in [3.05, 3.63) is 122 Å². The van der Waals surface area contributed by atoms with Gasteiger partial charge >= 0.3 is 13.8 Å². The molecule has 0 saturated heterocycles. The van der Waals surface area contributed by atoms with Crippen LogP contribution in [0, 0.1) is 0 Å². The van der Waals surface area contributed by atoms with Crippen LogP contribution in [0.5, 0.6) is 0 Å². The predicted molar refractivity (Wildman–Crippen MR) is 295 cm³/mol. The highest BCUT2D eigenvalue weighted by molar-refractivity contribution is 7.47. The standard InChI is InChI=1S/C59H99N2O7P/c1-7-10-13-16-19-22-25-28-29-30-31-34-37-40-43-46-49-52-59(63)68-57(50-47-44-41-38-35-32-26-23-20-17-14-11-8-2)56(55-67-69(64,65)66-54-53-61(4,5)6)60-58(62)51-48-45-42-39-36-33-27-24-21-18-15-12-9-3/h10,12-13,15-16,18-19,21-22,24-25,27-31,34,37,47,50,56-57H,7-9,11,14,17,20,23,26,32-33,35-36,38-46,48-49,51-55H2,1-6H3,(H-,60,62,64,65)/p+1/b13-10-,15-12+,19-16+,21-18+,25-22+,27-24-,29-28-,31-30+,37-34+,50-47+. The lowest BCUT2D eigenvalue weighted by Crippen LogP contribution is -2.47. The quantitative estimate of drug-likeness (QED) is 0.0156. The van der Waals surface area contributed by atoms with E-state index in [4.69, 9.17) is 13.8 Å². The first-order chi connectivity index (χ1) is 33.4. The minimum atomic E-state index is -4.47. The number of allylic oxidation sites excluding steroid dienone is 19. The van der Waals surface area contributed by atoms with E-state index in [0.717, 1.165) is 83.5 Å². The van der Waals surface area contributed by atoms with Gasteiger partial charge in [0, 0.05) is 12.8 Å². The molecule has 0 radical (unpaired) electrons. The Balaban J connectivity index is 5.56. The normalized spacial score (nSPS) is 14.8. The lowest BCUT2D eigenvalue weighted by Gasteiger charge is -2.27. The fourth-order valence-electron chi connectivity index (χ4n) is 6.97. The highest BCUT2D eigenvalue weighted by Crippen LogP contribution is 2.43. The molecule has 10 heteroatoms. The number of carbonyl (C=O) groups is 2. The molecule has 0 aliphatic carbocycles. The summed E-state index contributed by atoms with van der Waals surface area (Å²) in [5.41, 5.74) is 0. The number of nitrogens with one attached hydrogen (secondary N) is 1. The molecule has 3 atom stereocenters. The van der Waals surface area contributed by atoms with Crippen molar-refractivity contribution in [1.82, 2.24) is 5.32 Å². The Morgan fingerprint density at radius 2 is 0.928 bits per heavy atom. The Bertz CT molecular complexity index is 1600. The van der Waals surface area contributed by atoms with Gasteiger partial charge in [0.25, 0.3) is 0 Å². The molecule has 0 spiro atoms. The second-order valence-corrected chi connectivity index (χ2v) is 20.3. The van der Waals surface area contributed by atoms with Crippen molar-refractivity contribution in [3.8, 4) is 0 Å². The Morgan fingerprint density at radius 3 is 1.41 bits per heavy atom. The minimum Gasteiger partial charge on any atom is -0.456 e. The molecule has 392 valence electrons. The number of phosphoric ester groups is 1. The highest BCUT2D eigenvalue weighted by Gasteiger charge is 2.30. The molecular formula is C59H100N2O7P+. The Hall–Kier alpha value is -3.59. The van der Waals surface area contributed by atoms with Crippen LogP contribution in [-0.2, 0) is 27.9 Å². The van der Waals surface area contributed by atoms with Gasteiger partial charge in [0.15, 0.2) is 0 Å². The Kier molecular flexibility index (Phi) is 45.6. The smallest absolute Gasteiger partial charge is 0.456 e. The first kappa shape index (κ1) is 65.4. The Morgan fingerprint density at radius 1 is 0.522 bits per heavy atom. The number of phosphoric acid groups is 1. The number of esters is 1. The van der Waals surface area contributed by atoms with Gasteiger partial charge in [-0.2, -0.15) is 0 Å². The van der Waals surface area contributed by atoms with Crippen LogP contribution in [-0.4, -0.2) is 74.3 Å². The van der Waals surface area contributed by atoms with Gasteiger partial charge in [0.2, 0.25) is 5.91 Å². The van der Waals surface area contributed by atoms with E-state index < -0.39 is 20.0 Å². The number of likely N-dealkylation sites (N-methyl/N-ethyl adjacent to an activating group) is 1. The molecule has 0 saturated carbocycles. The number of amides is 1. The van der Waals surface area contributed by atoms with E-state index in [1.54, 1.807) is 0 Å². The molecule has 0 aliphatic heterocycles. The van der Waals surface area contributed by atoms with E-state index in [2.05, 4.69) is 68.6 Å². The summed E-state index contributed by atoms with van der Waals surface area (Å²) >= 11 is 0. The van der Waals surface area contributed by atoms with Gasteiger partial charge in [-0.1, -0.05) is 226 Å². The lowest BCUT2D eigenvalue weighted by molar-refractivity contribution is -0.870. The number of quaternary nitrogens is 1. The van der Waals surface area contributed by atoms with Gasteiger partial charge in [-0.15, -0.1) is 0 Å². The van der Waals surface area contributed by atoms with Crippen molar-refractivity contribution in [2.75, 3.05) is 40.9 Å². The maximum absolute atomic E-state index is 13.5. The predicted octanol–water partition coefficient (Wildman–Crippen LogP) is 16.0. The SMILES string of the molecule is CC\C=C/C=C/C=C/C=C\C=C\C=C\CCCCCC(=O)OC(/C=C/CCCCCCCCCCCCC)C(COP(=O)(O)OCC[N+](C)(C)C)NC(=O)CCCCCCC\C=C/C=C/C=C/CC. The van der Waals surface area contributed by atoms with Crippen LogP contribution < -0.4 is 5.32 Å². The largest absolute Gasteiger partial charge is 0.472 e. The summed E-state index contributed by atoms with van der Waals surface area (Å²) in [7, 11) is 1.43. The summed E-state index contributed by atoms with van der Waals surface area (Å²) < 4.78 is 30.5. The van der Waals surface area contributed by atoms with E-state index in [9.17, 15) is 19.0 Å². The molecule has 9 nitrogen and oxygen atoms in total. The second kappa shape index (κ2) is 48.1. The average molecular weight is 980 g/mol. The first-order valence-electron chi connectivity index (χ1n) is 27.0. The van der Waals surface area contributed by atoms with Gasteiger partial charge in [0.05, 0.1) is 33.8 Å². The van der Waals surface area contributed by atoms with Crippen LogP contribution >= 0.6 is 7.82 Å². The summed E-state index contributed by atoms with van der Waals surface area (Å²) in [4.78, 5) is 37.5. The van der Waals surface area contributed by atoms with E-state index in [1.165, 1.54) is 57.8 Å². The minimum absolute atomic E-state index is 0.0210. The number of nitrogens with zero attached hydrogens (tertiary/aromatic N) is 1. The molecule has 0 bridgehead atoms. The van der Waals surface area contributed by atoms with Crippen molar-refractivity contribution in [2.45, 2.75) is 200 Å². The summed E-state index contributed by atoms with van der Waals surface area (Å²) in [6.07, 6.45) is 66.2. The number of unbranched alkanes of at least 4 members (excludes halogenated alkanes) is 19. The van der Waals surface area contributed by atoms with Crippen LogP contribution in [0.1, 0.15) is 188 Å². The zero-order valence-corrected chi connectivity index (χ0v) is 45.4. The van der Waals surface area contributed by atoms with E-state index in [0.29, 0.717) is 30.3 Å². The number of hydrogen-bond donors (Lipinski definition) is 2. The third-order valence-electron chi connectivity index (χ3n) is 11.1. The molecular weight excluding hydrogens is 880 g/mol. The Labute approximate surface area is 423 Å². The maximum atomic E-state index is 13.5. The molecule has 0 rings (SSSR count). The van der Waals surface area contributed by atoms with Crippen molar-refractivity contribution < 1.29 is 37.3 Å². The number of ether oxygens (including phenoxy) is 1. The molecule has 0 aromatic rings. The summed E-state index contributed by atoms with van der Waals surface area (Å²) in [5, 5.41) is 3.01. The van der Waals surface area contributed by atoms with Gasteiger partial charge in [-0.05, 0) is 70.3 Å². The van der Waals surface area contributed by atoms with E-state index in [1.807, 2.05) is 100 Å². The monoisotopic (exact) mass is 980 g/mol. The van der Waals surface area contributed by atoms with Crippen molar-refractivity contribution >= 4 is 19.7 Å². The molecule has 3 unspecified atom stereocenters. The van der Waals surface area contributed by atoms with Crippen LogP contribution in [0.3, 0.4) is 0 Å². The third-order valence-corrected chi connectivity index (χ3v) is 12.1. The van der Waals surface area contributed by atoms with Gasteiger partial charge in [-0.3, -0.25) is 18.6 Å². The molecule has 0 aliphatic rings. The summed E-state index contributed by atoms with van der Waals surface area (Å²) in [6, 6.07) is -0.885. The van der Waals surface area contributed by atoms with Crippen molar-refractivity contribution in [3.63, 3.8) is 0 Å². The average Bonchev–Trinajstić information content (AvgIpc) is 3.31. The van der Waals surface area contributed by atoms with Crippen LogP contribution in [0.4, 0.5) is 0 Å². The van der Waals surface area contributed by atoms with Crippen molar-refractivity contribution in [2.24, 2.45) is 0 Å². The number of hydrogen-bond acceptors (Lipinski definition) is 6. The summed E-state index contributed by atoms with van der Waals surface area (Å²) in [6.45, 7) is 6.65. The molecule has 0 heterocycles. The topological polar surface area (TPSA) is 111 Å². The van der Waals surface area contributed by atoms with Gasteiger partial charge < -0.3 is 19.4 Å². The maximum Gasteiger partial charge on any atom is 0.472 e. The zero-order valence-electron chi connectivity index (χ0n) is 44.5. The third kappa shape index (κ3) is 49.2. The second-order valence-electron chi connectivity index (χ2n) is 18.9. The molecule has 0 fully saturated rings. The lowest BCUT2D eigenvalue weighted by atomic mass is 10.0. The first-order valence-corrected chi connectivity index (χ1v) is 28.5. The van der Waals surface area contributed by atoms with Crippen LogP contribution in [0.25, 0.3) is 0 Å². The van der Waals surface area contributed by atoms with Crippen LogP contribution in [0.15, 0.2) is 122 Å². The van der Waals surface area contributed by atoms with E-state index in [-0.39, 0.29) is 31.5 Å². The molecule has 1 amide bonds. The molecule has 2 N–H and O–H groups in total. The molecule has 0 aromatic heterocycles. The fraction of sp³-hybridized carbons (Fsp3) is 0.627. The van der Waals surface area contributed by atoms with E-state index >= 15 is 0 Å². The number of rotatable bonds is 46. The van der Waals surface area contributed by atoms with Gasteiger partial charge in [0.1, 0.15) is 19.3 Å². The zero-order chi connectivity index (χ0) is 50.8. The van der Waals surface area contributed by atoms with Gasteiger partial charge in [-0.25, -0.2) is 4.57 Å².